The fourth-order valence-corrected chi connectivity index (χ4v) is 2.99. The molecule has 1 aromatic rings. The molecule has 5 heteroatoms. The largest absolute Gasteiger partial charge is 0.480 e. The summed E-state index contributed by atoms with van der Waals surface area (Å²) in [7, 11) is 0. The summed E-state index contributed by atoms with van der Waals surface area (Å²) in [6.45, 7) is 3.63. The van der Waals surface area contributed by atoms with Crippen LogP contribution in [-0.2, 0) is 4.79 Å². The summed E-state index contributed by atoms with van der Waals surface area (Å²) in [4.78, 5) is 17.9. The van der Waals surface area contributed by atoms with Crippen molar-refractivity contribution in [2.75, 3.05) is 13.1 Å². The van der Waals surface area contributed by atoms with Crippen LogP contribution >= 0.6 is 11.8 Å². The number of carbonyl (C=O) groups is 1. The number of carboxylic acids is 1. The van der Waals surface area contributed by atoms with Crippen molar-refractivity contribution in [1.29, 1.82) is 0 Å². The second-order valence-corrected chi connectivity index (χ2v) is 6.18. The normalized spacial score (nSPS) is 17.9. The maximum atomic E-state index is 11.1. The summed E-state index contributed by atoms with van der Waals surface area (Å²) in [5, 5.41) is 9.44. The zero-order chi connectivity index (χ0) is 14.4. The van der Waals surface area contributed by atoms with Crippen molar-refractivity contribution >= 4 is 28.6 Å². The Bertz CT molecular complexity index is 470. The topological polar surface area (TPSA) is 52.9 Å². The highest BCUT2D eigenvalue weighted by Crippen LogP contribution is 2.23. The second-order valence-electron chi connectivity index (χ2n) is 4.88. The average Bonchev–Trinajstić information content (AvgIpc) is 2.48. The van der Waals surface area contributed by atoms with Gasteiger partial charge in [0.2, 0.25) is 0 Å². The zero-order valence-corrected chi connectivity index (χ0v) is 12.5. The van der Waals surface area contributed by atoms with E-state index in [1.807, 2.05) is 30.3 Å². The van der Waals surface area contributed by atoms with Gasteiger partial charge in [-0.05, 0) is 38.3 Å². The molecular weight excluding hydrogens is 272 g/mol. The lowest BCUT2D eigenvalue weighted by Gasteiger charge is -2.30. The fraction of sp³-hybridized carbons (Fsp3) is 0.467. The van der Waals surface area contributed by atoms with Gasteiger partial charge in [0.25, 0.3) is 0 Å². The lowest BCUT2D eigenvalue weighted by molar-refractivity contribution is -0.136. The van der Waals surface area contributed by atoms with E-state index in [0.717, 1.165) is 36.8 Å². The van der Waals surface area contributed by atoms with Crippen LogP contribution in [0.3, 0.4) is 0 Å². The number of benzene rings is 1. The van der Waals surface area contributed by atoms with Gasteiger partial charge in [0.15, 0.2) is 5.17 Å². The van der Waals surface area contributed by atoms with Crippen molar-refractivity contribution < 1.29 is 9.90 Å². The molecule has 0 saturated carbocycles. The van der Waals surface area contributed by atoms with Crippen molar-refractivity contribution in [3.05, 3.63) is 30.3 Å². The van der Waals surface area contributed by atoms with Gasteiger partial charge in [-0.25, -0.2) is 4.99 Å². The molecule has 0 aliphatic carbocycles. The number of rotatable bonds is 3. The number of likely N-dealkylation sites (tertiary alicyclic amines) is 1. The molecule has 0 amide bonds. The Morgan fingerprint density at radius 1 is 1.25 bits per heavy atom. The second kappa shape index (κ2) is 7.33. The molecule has 1 aliphatic heterocycles. The third-order valence-electron chi connectivity index (χ3n) is 3.24. The number of aliphatic imine (C=N–C) groups is 1. The molecule has 0 bridgehead atoms. The highest BCUT2D eigenvalue weighted by atomic mass is 32.2. The molecule has 108 valence electrons. The molecule has 20 heavy (non-hydrogen) atoms. The van der Waals surface area contributed by atoms with Crippen molar-refractivity contribution in [3.63, 3.8) is 0 Å². The molecule has 2 rings (SSSR count). The Hall–Kier alpha value is -1.49. The van der Waals surface area contributed by atoms with Crippen LogP contribution in [0.2, 0.25) is 0 Å². The summed E-state index contributed by atoms with van der Waals surface area (Å²) in [5.74, 6) is -0.798. The number of para-hydroxylation sites is 1. The van der Waals surface area contributed by atoms with Crippen LogP contribution < -0.4 is 0 Å². The predicted octanol–water partition coefficient (Wildman–Crippen LogP) is 3.37. The van der Waals surface area contributed by atoms with Gasteiger partial charge in [-0.1, -0.05) is 30.0 Å². The van der Waals surface area contributed by atoms with Gasteiger partial charge in [0.1, 0.15) is 5.25 Å². The van der Waals surface area contributed by atoms with Crippen LogP contribution in [0.25, 0.3) is 0 Å². The minimum Gasteiger partial charge on any atom is -0.480 e. The quantitative estimate of drug-likeness (QED) is 0.685. The third kappa shape index (κ3) is 4.27. The number of nitrogens with zero attached hydrogens (tertiary/aromatic N) is 2. The van der Waals surface area contributed by atoms with Gasteiger partial charge in [-0.15, -0.1) is 0 Å². The standard InChI is InChI=1S/C15H20N2O2S/c1-12(14(18)19)20-15(17-10-6-3-7-11-17)16-13-8-4-2-5-9-13/h2,4-5,8-9,12H,3,6-7,10-11H2,1H3,(H,18,19)/t12-/m1/s1. The van der Waals surface area contributed by atoms with E-state index in [9.17, 15) is 4.79 Å². The van der Waals surface area contributed by atoms with Gasteiger partial charge in [-0.2, -0.15) is 0 Å². The van der Waals surface area contributed by atoms with E-state index in [1.165, 1.54) is 18.2 Å². The van der Waals surface area contributed by atoms with Crippen LogP contribution in [0.1, 0.15) is 26.2 Å². The molecule has 1 N–H and O–H groups in total. The number of thioether (sulfide) groups is 1. The number of piperidine rings is 1. The van der Waals surface area contributed by atoms with Gasteiger partial charge in [0, 0.05) is 13.1 Å². The van der Waals surface area contributed by atoms with Crippen LogP contribution in [0, 0.1) is 0 Å². The van der Waals surface area contributed by atoms with E-state index in [-0.39, 0.29) is 0 Å². The summed E-state index contributed by atoms with van der Waals surface area (Å²) in [5.41, 5.74) is 0.873. The minimum absolute atomic E-state index is 0.487. The number of aliphatic carboxylic acids is 1. The van der Waals surface area contributed by atoms with Gasteiger partial charge >= 0.3 is 5.97 Å². The molecule has 1 saturated heterocycles. The lowest BCUT2D eigenvalue weighted by Crippen LogP contribution is -2.35. The first-order valence-electron chi connectivity index (χ1n) is 6.95. The van der Waals surface area contributed by atoms with Crippen LogP contribution in [0.4, 0.5) is 5.69 Å². The molecule has 1 aromatic carbocycles. The maximum Gasteiger partial charge on any atom is 0.316 e. The Balaban J connectivity index is 2.18. The molecule has 0 radical (unpaired) electrons. The number of hydrogen-bond acceptors (Lipinski definition) is 3. The molecule has 0 spiro atoms. The summed E-state index contributed by atoms with van der Waals surface area (Å²) in [6, 6.07) is 9.72. The Morgan fingerprint density at radius 2 is 1.90 bits per heavy atom. The highest BCUT2D eigenvalue weighted by molar-refractivity contribution is 8.14. The van der Waals surface area contributed by atoms with Crippen LogP contribution in [0.15, 0.2) is 35.3 Å². The molecule has 1 atom stereocenters. The number of carboxylic acid groups (broad SMARTS) is 1. The van der Waals surface area contributed by atoms with Crippen molar-refractivity contribution in [2.45, 2.75) is 31.4 Å². The monoisotopic (exact) mass is 292 g/mol. The van der Waals surface area contributed by atoms with Crippen LogP contribution in [0.5, 0.6) is 0 Å². The van der Waals surface area contributed by atoms with E-state index in [4.69, 9.17) is 5.11 Å². The first-order chi connectivity index (χ1) is 9.66. The summed E-state index contributed by atoms with van der Waals surface area (Å²) >= 11 is 1.33. The molecular formula is C15H20N2O2S. The van der Waals surface area contributed by atoms with E-state index >= 15 is 0 Å². The van der Waals surface area contributed by atoms with Crippen molar-refractivity contribution in [3.8, 4) is 0 Å². The van der Waals surface area contributed by atoms with E-state index in [2.05, 4.69) is 9.89 Å². The predicted molar refractivity (Wildman–Crippen MR) is 83.6 cm³/mol. The van der Waals surface area contributed by atoms with E-state index in [0.29, 0.717) is 0 Å². The fourth-order valence-electron chi connectivity index (χ4n) is 2.08. The van der Waals surface area contributed by atoms with E-state index < -0.39 is 11.2 Å². The smallest absolute Gasteiger partial charge is 0.316 e. The molecule has 1 fully saturated rings. The minimum atomic E-state index is -0.798. The van der Waals surface area contributed by atoms with Crippen LogP contribution in [-0.4, -0.2) is 39.5 Å². The Morgan fingerprint density at radius 3 is 2.50 bits per heavy atom. The first kappa shape index (κ1) is 14.9. The maximum absolute atomic E-state index is 11.1. The first-order valence-corrected chi connectivity index (χ1v) is 7.83. The molecule has 1 aliphatic rings. The Labute approximate surface area is 123 Å². The van der Waals surface area contributed by atoms with Gasteiger partial charge in [0.05, 0.1) is 5.69 Å². The summed E-state index contributed by atoms with van der Waals surface area (Å²) in [6.07, 6.45) is 3.54. The van der Waals surface area contributed by atoms with Gasteiger partial charge in [-0.3, -0.25) is 4.79 Å². The number of amidine groups is 1. The zero-order valence-electron chi connectivity index (χ0n) is 11.7. The molecule has 0 aromatic heterocycles. The average molecular weight is 292 g/mol. The van der Waals surface area contributed by atoms with Gasteiger partial charge < -0.3 is 10.0 Å². The third-order valence-corrected chi connectivity index (χ3v) is 4.35. The summed E-state index contributed by atoms with van der Waals surface area (Å²) < 4.78 is 0. The highest BCUT2D eigenvalue weighted by Gasteiger charge is 2.21. The Kier molecular flexibility index (Phi) is 5.47. The molecule has 0 unspecified atom stereocenters. The molecule has 4 nitrogen and oxygen atoms in total. The number of hydrogen-bond donors (Lipinski definition) is 1. The van der Waals surface area contributed by atoms with E-state index in [1.54, 1.807) is 6.92 Å². The van der Waals surface area contributed by atoms with Crippen molar-refractivity contribution in [2.24, 2.45) is 4.99 Å². The lowest BCUT2D eigenvalue weighted by atomic mass is 10.1. The molecule has 1 heterocycles. The van der Waals surface area contributed by atoms with Crippen molar-refractivity contribution in [1.82, 2.24) is 4.90 Å². The SMILES string of the molecule is C[C@@H](SC(=Nc1ccccc1)N1CCCCC1)C(=O)O.